The van der Waals surface area contributed by atoms with Gasteiger partial charge in [0, 0.05) is 11.1 Å². The van der Waals surface area contributed by atoms with Gasteiger partial charge in [0.15, 0.2) is 0 Å². The van der Waals surface area contributed by atoms with E-state index in [1.807, 2.05) is 23.9 Å². The van der Waals surface area contributed by atoms with Crippen LogP contribution in [0.2, 0.25) is 5.02 Å². The average Bonchev–Trinajstić information content (AvgIpc) is 2.38. The summed E-state index contributed by atoms with van der Waals surface area (Å²) in [6.45, 7) is 5.49. The molecule has 1 aromatic carbocycles. The molecule has 3 heteroatoms. The van der Waals surface area contributed by atoms with E-state index in [1.54, 1.807) is 0 Å². The molecule has 19 heavy (non-hydrogen) atoms. The van der Waals surface area contributed by atoms with Crippen LogP contribution in [0.5, 0.6) is 0 Å². The van der Waals surface area contributed by atoms with Crippen LogP contribution in [0.1, 0.15) is 32.3 Å². The Bertz CT molecular complexity index is 354. The molecule has 0 saturated heterocycles. The van der Waals surface area contributed by atoms with E-state index in [1.165, 1.54) is 24.2 Å². The number of halogens is 1. The van der Waals surface area contributed by atoms with Crippen molar-refractivity contribution in [2.45, 2.75) is 39.2 Å². The average molecular weight is 300 g/mol. The van der Waals surface area contributed by atoms with Crippen LogP contribution in [0.15, 0.2) is 24.3 Å². The van der Waals surface area contributed by atoms with Gasteiger partial charge in [-0.05, 0) is 55.4 Å². The largest absolute Gasteiger partial charge is 0.314 e. The highest BCUT2D eigenvalue weighted by Crippen LogP contribution is 2.21. The highest BCUT2D eigenvalue weighted by Gasteiger charge is 2.12. The Labute approximate surface area is 127 Å². The van der Waals surface area contributed by atoms with Crippen molar-refractivity contribution < 1.29 is 0 Å². The zero-order valence-electron chi connectivity index (χ0n) is 12.3. The van der Waals surface area contributed by atoms with Gasteiger partial charge in [-0.25, -0.2) is 0 Å². The summed E-state index contributed by atoms with van der Waals surface area (Å²) in [5, 5.41) is 4.47. The quantitative estimate of drug-likeness (QED) is 0.667. The van der Waals surface area contributed by atoms with E-state index in [0.29, 0.717) is 12.0 Å². The Morgan fingerprint density at radius 3 is 2.63 bits per heavy atom. The third-order valence-electron chi connectivity index (χ3n) is 3.24. The summed E-state index contributed by atoms with van der Waals surface area (Å²) in [6.07, 6.45) is 5.81. The van der Waals surface area contributed by atoms with Crippen LogP contribution in [0.4, 0.5) is 0 Å². The molecule has 0 aliphatic rings. The van der Waals surface area contributed by atoms with E-state index in [2.05, 4.69) is 37.6 Å². The molecule has 0 fully saturated rings. The zero-order valence-corrected chi connectivity index (χ0v) is 13.9. The van der Waals surface area contributed by atoms with Crippen molar-refractivity contribution in [2.75, 3.05) is 18.6 Å². The van der Waals surface area contributed by atoms with Crippen molar-refractivity contribution in [1.29, 1.82) is 0 Å². The van der Waals surface area contributed by atoms with Crippen LogP contribution < -0.4 is 5.32 Å². The first-order valence-electron chi connectivity index (χ1n) is 7.09. The lowest BCUT2D eigenvalue weighted by Crippen LogP contribution is -2.30. The second kappa shape index (κ2) is 9.68. The normalized spacial score (nSPS) is 12.9. The standard InChI is InChI=1S/C16H26ClNS/c1-13(2)18-12-14(7-6-10-19-3)11-15-8-4-5-9-16(15)17/h4-5,8-9,13-14,18H,6-7,10-12H2,1-3H3. The Hall–Kier alpha value is -0.180. The summed E-state index contributed by atoms with van der Waals surface area (Å²) in [4.78, 5) is 0. The maximum Gasteiger partial charge on any atom is 0.0438 e. The van der Waals surface area contributed by atoms with Crippen LogP contribution in [-0.4, -0.2) is 24.6 Å². The van der Waals surface area contributed by atoms with Gasteiger partial charge in [0.2, 0.25) is 0 Å². The van der Waals surface area contributed by atoms with E-state index in [-0.39, 0.29) is 0 Å². The Balaban J connectivity index is 2.54. The third kappa shape index (κ3) is 7.24. The van der Waals surface area contributed by atoms with Gasteiger partial charge < -0.3 is 5.32 Å². The molecule has 0 saturated carbocycles. The number of nitrogens with one attached hydrogen (secondary N) is 1. The molecule has 108 valence electrons. The fourth-order valence-electron chi connectivity index (χ4n) is 2.17. The van der Waals surface area contributed by atoms with Crippen LogP contribution in [0, 0.1) is 5.92 Å². The summed E-state index contributed by atoms with van der Waals surface area (Å²) in [6, 6.07) is 8.77. The molecule has 0 radical (unpaired) electrons. The van der Waals surface area contributed by atoms with E-state index in [9.17, 15) is 0 Å². The molecule has 1 unspecified atom stereocenters. The van der Waals surface area contributed by atoms with E-state index < -0.39 is 0 Å². The van der Waals surface area contributed by atoms with Gasteiger partial charge in [0.05, 0.1) is 0 Å². The Kier molecular flexibility index (Phi) is 8.60. The van der Waals surface area contributed by atoms with Gasteiger partial charge in [-0.15, -0.1) is 0 Å². The first-order chi connectivity index (χ1) is 9.13. The molecule has 0 aliphatic carbocycles. The van der Waals surface area contributed by atoms with E-state index >= 15 is 0 Å². The van der Waals surface area contributed by atoms with Gasteiger partial charge >= 0.3 is 0 Å². The van der Waals surface area contributed by atoms with Crippen molar-refractivity contribution in [2.24, 2.45) is 5.92 Å². The molecule has 0 heterocycles. The predicted molar refractivity (Wildman–Crippen MR) is 89.4 cm³/mol. The van der Waals surface area contributed by atoms with Crippen molar-refractivity contribution in [3.8, 4) is 0 Å². The number of rotatable bonds is 9. The van der Waals surface area contributed by atoms with Gasteiger partial charge in [0.25, 0.3) is 0 Å². The first-order valence-corrected chi connectivity index (χ1v) is 8.86. The maximum absolute atomic E-state index is 6.27. The van der Waals surface area contributed by atoms with Crippen LogP contribution >= 0.6 is 23.4 Å². The maximum atomic E-state index is 6.27. The van der Waals surface area contributed by atoms with Crippen molar-refractivity contribution >= 4 is 23.4 Å². The highest BCUT2D eigenvalue weighted by molar-refractivity contribution is 7.98. The minimum atomic E-state index is 0.550. The third-order valence-corrected chi connectivity index (χ3v) is 4.31. The summed E-state index contributed by atoms with van der Waals surface area (Å²) in [5.74, 6) is 1.93. The highest BCUT2D eigenvalue weighted by atomic mass is 35.5. The molecule has 1 N–H and O–H groups in total. The fraction of sp³-hybridized carbons (Fsp3) is 0.625. The topological polar surface area (TPSA) is 12.0 Å². The molecule has 1 atom stereocenters. The molecule has 0 aromatic heterocycles. The molecular formula is C16H26ClNS. The number of thioether (sulfide) groups is 1. The van der Waals surface area contributed by atoms with E-state index in [0.717, 1.165) is 18.0 Å². The number of hydrogen-bond donors (Lipinski definition) is 1. The Morgan fingerprint density at radius 2 is 2.00 bits per heavy atom. The van der Waals surface area contributed by atoms with Crippen molar-refractivity contribution in [3.05, 3.63) is 34.9 Å². The van der Waals surface area contributed by atoms with Crippen molar-refractivity contribution in [1.82, 2.24) is 5.32 Å². The van der Waals surface area contributed by atoms with Gasteiger partial charge in [-0.1, -0.05) is 43.6 Å². The summed E-state index contributed by atoms with van der Waals surface area (Å²) >= 11 is 8.20. The molecule has 0 aliphatic heterocycles. The molecule has 1 rings (SSSR count). The summed E-state index contributed by atoms with van der Waals surface area (Å²) in [7, 11) is 0. The van der Waals surface area contributed by atoms with Gasteiger partial charge in [-0.2, -0.15) is 11.8 Å². The van der Waals surface area contributed by atoms with Crippen LogP contribution in [0.3, 0.4) is 0 Å². The SMILES string of the molecule is CSCCCC(CNC(C)C)Cc1ccccc1Cl. The number of benzene rings is 1. The monoisotopic (exact) mass is 299 g/mol. The smallest absolute Gasteiger partial charge is 0.0438 e. The molecular weight excluding hydrogens is 274 g/mol. The molecule has 1 aromatic rings. The lowest BCUT2D eigenvalue weighted by molar-refractivity contribution is 0.419. The van der Waals surface area contributed by atoms with E-state index in [4.69, 9.17) is 11.6 Å². The Morgan fingerprint density at radius 1 is 1.26 bits per heavy atom. The zero-order chi connectivity index (χ0) is 14.1. The van der Waals surface area contributed by atoms with Crippen LogP contribution in [-0.2, 0) is 6.42 Å². The second-order valence-corrected chi connectivity index (χ2v) is 6.75. The molecule has 0 spiro atoms. The van der Waals surface area contributed by atoms with Crippen molar-refractivity contribution in [3.63, 3.8) is 0 Å². The lowest BCUT2D eigenvalue weighted by atomic mass is 9.94. The summed E-state index contributed by atoms with van der Waals surface area (Å²) < 4.78 is 0. The molecule has 0 amide bonds. The number of hydrogen-bond acceptors (Lipinski definition) is 2. The predicted octanol–water partition coefficient (Wildman–Crippen LogP) is 4.64. The molecule has 0 bridgehead atoms. The second-order valence-electron chi connectivity index (χ2n) is 5.36. The molecule has 1 nitrogen and oxygen atoms in total. The first kappa shape index (κ1) is 16.9. The van der Waals surface area contributed by atoms with Crippen LogP contribution in [0.25, 0.3) is 0 Å². The fourth-order valence-corrected chi connectivity index (χ4v) is 2.84. The lowest BCUT2D eigenvalue weighted by Gasteiger charge is -2.20. The summed E-state index contributed by atoms with van der Waals surface area (Å²) in [5.41, 5.74) is 1.28. The minimum absolute atomic E-state index is 0.550. The minimum Gasteiger partial charge on any atom is -0.314 e. The van der Waals surface area contributed by atoms with Gasteiger partial charge in [0.1, 0.15) is 0 Å². The van der Waals surface area contributed by atoms with Gasteiger partial charge in [-0.3, -0.25) is 0 Å².